The molecule has 1 amide bonds. The van der Waals surface area contributed by atoms with E-state index in [1.54, 1.807) is 24.3 Å². The smallest absolute Gasteiger partial charge is 0.305 e. The van der Waals surface area contributed by atoms with Gasteiger partial charge in [0, 0.05) is 12.2 Å². The van der Waals surface area contributed by atoms with Gasteiger partial charge in [0.15, 0.2) is 0 Å². The van der Waals surface area contributed by atoms with E-state index in [1.807, 2.05) is 13.8 Å². The van der Waals surface area contributed by atoms with Gasteiger partial charge in [0.2, 0.25) is 0 Å². The predicted octanol–water partition coefficient (Wildman–Crippen LogP) is 2.08. The number of carbonyl (C=O) groups excluding carboxylic acids is 1. The van der Waals surface area contributed by atoms with Crippen molar-refractivity contribution in [1.29, 1.82) is 0 Å². The van der Waals surface area contributed by atoms with Crippen molar-refractivity contribution in [3.8, 4) is 5.75 Å². The van der Waals surface area contributed by atoms with E-state index in [-0.39, 0.29) is 18.9 Å². The molecule has 1 heterocycles. The molecule has 0 aliphatic carbocycles. The standard InChI is InChI=1S/C17H23NO5/c1-12(2)10-23-14-5-3-4-13(8-14)16(21)18-17(9-15(19)20)6-7-22-11-17/h3-5,8,12H,6-7,9-11H2,1-2H3,(H,18,21)(H,19,20). The van der Waals surface area contributed by atoms with E-state index in [1.165, 1.54) is 0 Å². The highest BCUT2D eigenvalue weighted by Gasteiger charge is 2.38. The first-order chi connectivity index (χ1) is 10.9. The van der Waals surface area contributed by atoms with E-state index < -0.39 is 11.5 Å². The summed E-state index contributed by atoms with van der Waals surface area (Å²) in [6.45, 7) is 5.33. The minimum atomic E-state index is -0.954. The van der Waals surface area contributed by atoms with E-state index in [4.69, 9.17) is 14.6 Å². The molecule has 2 N–H and O–H groups in total. The first kappa shape index (κ1) is 17.3. The van der Waals surface area contributed by atoms with Crippen LogP contribution in [-0.4, -0.2) is 42.3 Å². The molecule has 0 bridgehead atoms. The molecule has 1 aromatic rings. The van der Waals surface area contributed by atoms with Crippen LogP contribution in [0.5, 0.6) is 5.75 Å². The second-order valence-electron chi connectivity index (χ2n) is 6.34. The zero-order valence-electron chi connectivity index (χ0n) is 13.5. The van der Waals surface area contributed by atoms with Gasteiger partial charge in [0.1, 0.15) is 5.75 Å². The molecule has 1 aliphatic heterocycles. The van der Waals surface area contributed by atoms with Gasteiger partial charge in [-0.2, -0.15) is 0 Å². The lowest BCUT2D eigenvalue weighted by Gasteiger charge is -2.27. The molecular weight excluding hydrogens is 298 g/mol. The van der Waals surface area contributed by atoms with Crippen LogP contribution in [0.25, 0.3) is 0 Å². The monoisotopic (exact) mass is 321 g/mol. The summed E-state index contributed by atoms with van der Waals surface area (Å²) in [4.78, 5) is 23.5. The number of carbonyl (C=O) groups is 2. The summed E-state index contributed by atoms with van der Waals surface area (Å²) in [5, 5.41) is 11.9. The van der Waals surface area contributed by atoms with Gasteiger partial charge in [0.25, 0.3) is 5.91 Å². The Bertz CT molecular complexity index is 564. The van der Waals surface area contributed by atoms with Gasteiger partial charge in [-0.15, -0.1) is 0 Å². The molecule has 1 atom stereocenters. The van der Waals surface area contributed by atoms with Crippen LogP contribution < -0.4 is 10.1 Å². The van der Waals surface area contributed by atoms with Crippen molar-refractivity contribution >= 4 is 11.9 Å². The highest BCUT2D eigenvalue weighted by molar-refractivity contribution is 5.95. The summed E-state index contributed by atoms with van der Waals surface area (Å²) in [5.41, 5.74) is -0.388. The Hall–Kier alpha value is -2.08. The number of nitrogens with one attached hydrogen (secondary N) is 1. The number of hydrogen-bond acceptors (Lipinski definition) is 4. The molecule has 1 fully saturated rings. The normalized spacial score (nSPS) is 20.5. The zero-order chi connectivity index (χ0) is 16.9. The van der Waals surface area contributed by atoms with Gasteiger partial charge in [-0.3, -0.25) is 9.59 Å². The van der Waals surface area contributed by atoms with Crippen molar-refractivity contribution in [2.45, 2.75) is 32.2 Å². The fraction of sp³-hybridized carbons (Fsp3) is 0.529. The Labute approximate surface area is 135 Å². The van der Waals surface area contributed by atoms with Gasteiger partial charge in [0.05, 0.1) is 25.2 Å². The lowest BCUT2D eigenvalue weighted by atomic mass is 9.93. The molecule has 6 nitrogen and oxygen atoms in total. The highest BCUT2D eigenvalue weighted by atomic mass is 16.5. The first-order valence-corrected chi connectivity index (χ1v) is 7.75. The van der Waals surface area contributed by atoms with Crippen LogP contribution >= 0.6 is 0 Å². The third-order valence-corrected chi connectivity index (χ3v) is 3.65. The number of amides is 1. The lowest BCUT2D eigenvalue weighted by Crippen LogP contribution is -2.50. The Kier molecular flexibility index (Phi) is 5.60. The molecule has 23 heavy (non-hydrogen) atoms. The Morgan fingerprint density at radius 2 is 2.22 bits per heavy atom. The maximum atomic E-state index is 12.5. The van der Waals surface area contributed by atoms with Crippen LogP contribution in [0, 0.1) is 5.92 Å². The Morgan fingerprint density at radius 1 is 1.43 bits per heavy atom. The topological polar surface area (TPSA) is 84.9 Å². The highest BCUT2D eigenvalue weighted by Crippen LogP contribution is 2.24. The van der Waals surface area contributed by atoms with Gasteiger partial charge >= 0.3 is 5.97 Å². The van der Waals surface area contributed by atoms with Crippen molar-refractivity contribution in [3.05, 3.63) is 29.8 Å². The Morgan fingerprint density at radius 3 is 2.83 bits per heavy atom. The summed E-state index contributed by atoms with van der Waals surface area (Å²) < 4.78 is 10.9. The first-order valence-electron chi connectivity index (χ1n) is 7.75. The Balaban J connectivity index is 2.07. The number of rotatable bonds is 7. The molecule has 1 aliphatic rings. The van der Waals surface area contributed by atoms with Gasteiger partial charge in [-0.1, -0.05) is 19.9 Å². The third kappa shape index (κ3) is 4.96. The number of carboxylic acid groups (broad SMARTS) is 1. The van der Waals surface area contributed by atoms with E-state index in [9.17, 15) is 9.59 Å². The van der Waals surface area contributed by atoms with Crippen molar-refractivity contribution < 1.29 is 24.2 Å². The van der Waals surface area contributed by atoms with Crippen molar-refractivity contribution in [1.82, 2.24) is 5.32 Å². The average molecular weight is 321 g/mol. The number of benzene rings is 1. The molecule has 1 aromatic carbocycles. The van der Waals surface area contributed by atoms with Crippen LogP contribution in [0.3, 0.4) is 0 Å². The molecule has 6 heteroatoms. The fourth-order valence-electron chi connectivity index (χ4n) is 2.48. The van der Waals surface area contributed by atoms with Crippen LogP contribution in [-0.2, 0) is 9.53 Å². The molecule has 0 spiro atoms. The second kappa shape index (κ2) is 7.46. The number of aliphatic carboxylic acids is 1. The van der Waals surface area contributed by atoms with Crippen LogP contribution in [0.1, 0.15) is 37.0 Å². The van der Waals surface area contributed by atoms with E-state index in [2.05, 4.69) is 5.32 Å². The zero-order valence-corrected chi connectivity index (χ0v) is 13.5. The molecular formula is C17H23NO5. The minimum absolute atomic E-state index is 0.151. The summed E-state index contributed by atoms with van der Waals surface area (Å²) in [6, 6.07) is 6.90. The number of ether oxygens (including phenoxy) is 2. The predicted molar refractivity (Wildman–Crippen MR) is 84.7 cm³/mol. The van der Waals surface area contributed by atoms with Crippen molar-refractivity contribution in [2.24, 2.45) is 5.92 Å². The maximum Gasteiger partial charge on any atom is 0.305 e. The van der Waals surface area contributed by atoms with Gasteiger partial charge in [-0.25, -0.2) is 0 Å². The number of carboxylic acids is 1. The third-order valence-electron chi connectivity index (χ3n) is 3.65. The fourth-order valence-corrected chi connectivity index (χ4v) is 2.48. The summed E-state index contributed by atoms with van der Waals surface area (Å²) in [6.07, 6.45) is 0.344. The number of hydrogen-bond donors (Lipinski definition) is 2. The molecule has 2 rings (SSSR count). The van der Waals surface area contributed by atoms with E-state index in [0.717, 1.165) is 0 Å². The van der Waals surface area contributed by atoms with Crippen LogP contribution in [0.15, 0.2) is 24.3 Å². The molecule has 1 saturated heterocycles. The summed E-state index contributed by atoms with van der Waals surface area (Å²) in [7, 11) is 0. The molecule has 126 valence electrons. The van der Waals surface area contributed by atoms with Gasteiger partial charge in [-0.05, 0) is 30.5 Å². The second-order valence-corrected chi connectivity index (χ2v) is 6.34. The summed E-state index contributed by atoms with van der Waals surface area (Å²) >= 11 is 0. The lowest BCUT2D eigenvalue weighted by molar-refractivity contribution is -0.138. The van der Waals surface area contributed by atoms with Crippen molar-refractivity contribution in [3.63, 3.8) is 0 Å². The SMILES string of the molecule is CC(C)COc1cccc(C(=O)NC2(CC(=O)O)CCOC2)c1. The quantitative estimate of drug-likeness (QED) is 0.803. The van der Waals surface area contributed by atoms with Crippen LogP contribution in [0.4, 0.5) is 0 Å². The van der Waals surface area contributed by atoms with Crippen molar-refractivity contribution in [2.75, 3.05) is 19.8 Å². The van der Waals surface area contributed by atoms with E-state index >= 15 is 0 Å². The van der Waals surface area contributed by atoms with Crippen LogP contribution in [0.2, 0.25) is 0 Å². The minimum Gasteiger partial charge on any atom is -0.493 e. The molecule has 0 radical (unpaired) electrons. The average Bonchev–Trinajstić information content (AvgIpc) is 2.92. The molecule has 0 saturated carbocycles. The summed E-state index contributed by atoms with van der Waals surface area (Å²) in [5.74, 6) is -0.250. The molecule has 1 unspecified atom stereocenters. The molecule has 0 aromatic heterocycles. The maximum absolute atomic E-state index is 12.5. The van der Waals surface area contributed by atoms with E-state index in [0.29, 0.717) is 36.9 Å². The largest absolute Gasteiger partial charge is 0.493 e. The van der Waals surface area contributed by atoms with Gasteiger partial charge < -0.3 is 19.9 Å².